The maximum absolute atomic E-state index is 2.58. The fraction of sp³-hybridized carbons (Fsp3) is 0.0156. The first-order valence-corrected chi connectivity index (χ1v) is 46.4. The zero-order valence-electron chi connectivity index (χ0n) is 72.3. The second kappa shape index (κ2) is 32.2. The van der Waals surface area contributed by atoms with Crippen molar-refractivity contribution >= 4 is 87.4 Å². The van der Waals surface area contributed by atoms with Crippen LogP contribution in [0, 0.1) is 0 Å². The Morgan fingerprint density at radius 3 is 1.08 bits per heavy atom. The lowest BCUT2D eigenvalue weighted by molar-refractivity contribution is 0.768. The van der Waals surface area contributed by atoms with Crippen LogP contribution in [-0.2, 0) is 10.8 Å². The third-order valence-electron chi connectivity index (χ3n) is 27.8. The van der Waals surface area contributed by atoms with Crippen LogP contribution in [0.25, 0.3) is 148 Å². The Labute approximate surface area is 772 Å². The van der Waals surface area contributed by atoms with Crippen LogP contribution >= 0.6 is 11.3 Å². The van der Waals surface area contributed by atoms with E-state index in [1.807, 2.05) is 11.3 Å². The number of anilines is 6. The molecule has 0 saturated carbocycles. The van der Waals surface area contributed by atoms with E-state index in [1.54, 1.807) is 0 Å². The van der Waals surface area contributed by atoms with Crippen molar-refractivity contribution in [3.63, 3.8) is 0 Å². The molecule has 0 spiro atoms. The predicted octanol–water partition coefficient (Wildman–Crippen LogP) is 34.5. The molecule has 2 heterocycles. The number of thiophene rings is 1. The number of hydrogen-bond donors (Lipinski definition) is 0. The summed E-state index contributed by atoms with van der Waals surface area (Å²) in [6, 6.07) is 193. The van der Waals surface area contributed by atoms with Crippen molar-refractivity contribution in [1.29, 1.82) is 0 Å². The van der Waals surface area contributed by atoms with Crippen LogP contribution in [0.4, 0.5) is 34.1 Å². The topological polar surface area (TPSA) is 11.4 Å². The van der Waals surface area contributed by atoms with Gasteiger partial charge in [-0.1, -0.05) is 425 Å². The van der Waals surface area contributed by atoms with E-state index in [1.165, 1.54) is 115 Å². The van der Waals surface area contributed by atoms with Crippen LogP contribution in [0.1, 0.15) is 44.5 Å². The minimum atomic E-state index is -0.654. The van der Waals surface area contributed by atoms with Crippen LogP contribution in [0.2, 0.25) is 0 Å². The van der Waals surface area contributed by atoms with E-state index in [-0.39, 0.29) is 0 Å². The molecule has 0 aliphatic heterocycles. The quantitative estimate of drug-likeness (QED) is 0.0848. The average molecular weight is 1700 g/mol. The molecule has 132 heavy (non-hydrogen) atoms. The standard InChI is InChI=1S/C128H85N3S/c1-8-40-86(41-9-1)97-54-22-23-55-100(97)101-56-24-25-57-102(101)109-62-30-35-69-119(109)129(95-75-79-107-105-60-28-33-67-115(105)127(117(107)84-95,89-44-12-3-13-45-89)90-46-14-4-15-47-90)94-77-81-124-114(83-94)111-66-38-65-99(126(111)132-124)88-74-78-98(87-42-10-2-11-43-87)113(82-88)104-59-27-26-58-103(104)110-63-31-36-70-120(110)131(123-73-39-72-122-125(123)112-64-32-37-71-121(112)130(122)93-52-20-7-21-53-93)96-76-80-108-106-61-29-34-68-116(106)128(118(108)85-96,91-48-16-5-17-49-91)92-50-18-6-19-51-92/h1-85H. The first-order chi connectivity index (χ1) is 65.5. The molecule has 0 fully saturated rings. The number of rotatable bonds is 18. The number of para-hydroxylation sites is 4. The molecule has 2 aliphatic carbocycles. The fourth-order valence-corrected chi connectivity index (χ4v) is 23.5. The van der Waals surface area contributed by atoms with Gasteiger partial charge in [0.25, 0.3) is 0 Å². The Morgan fingerprint density at radius 1 is 0.189 bits per heavy atom. The van der Waals surface area contributed by atoms with Crippen molar-refractivity contribution < 1.29 is 0 Å². The molecule has 21 aromatic carbocycles. The van der Waals surface area contributed by atoms with Crippen LogP contribution in [0.3, 0.4) is 0 Å². The zero-order valence-corrected chi connectivity index (χ0v) is 73.1. The van der Waals surface area contributed by atoms with Crippen molar-refractivity contribution in [2.75, 3.05) is 9.80 Å². The lowest BCUT2D eigenvalue weighted by Crippen LogP contribution is -2.28. The van der Waals surface area contributed by atoms with Gasteiger partial charge in [0.05, 0.1) is 38.9 Å². The van der Waals surface area contributed by atoms with Crippen LogP contribution in [0.15, 0.2) is 516 Å². The van der Waals surface area contributed by atoms with Gasteiger partial charge in [-0.3, -0.25) is 0 Å². The third-order valence-corrected chi connectivity index (χ3v) is 29.0. The Bertz CT molecular complexity index is 8310. The second-order valence-corrected chi connectivity index (χ2v) is 35.7. The summed E-state index contributed by atoms with van der Waals surface area (Å²) in [7, 11) is 0. The fourth-order valence-electron chi connectivity index (χ4n) is 22.3. The van der Waals surface area contributed by atoms with Gasteiger partial charge in [-0.05, 0) is 225 Å². The molecule has 0 radical (unpaired) electrons. The van der Waals surface area contributed by atoms with Gasteiger partial charge in [0.2, 0.25) is 0 Å². The largest absolute Gasteiger partial charge is 0.310 e. The van der Waals surface area contributed by atoms with Gasteiger partial charge in [0.15, 0.2) is 0 Å². The molecule has 0 N–H and O–H groups in total. The Morgan fingerprint density at radius 2 is 0.538 bits per heavy atom. The average Bonchev–Trinajstić information content (AvgIpc) is 1.52. The van der Waals surface area contributed by atoms with Crippen molar-refractivity contribution in [3.05, 3.63) is 560 Å². The van der Waals surface area contributed by atoms with Crippen molar-refractivity contribution in [3.8, 4) is 106 Å². The van der Waals surface area contributed by atoms with E-state index in [0.29, 0.717) is 0 Å². The first-order valence-electron chi connectivity index (χ1n) is 45.6. The molecule has 0 bridgehead atoms. The van der Waals surface area contributed by atoms with Crippen molar-refractivity contribution in [2.24, 2.45) is 0 Å². The molecule has 0 unspecified atom stereocenters. The lowest BCUT2D eigenvalue weighted by Gasteiger charge is -2.35. The molecule has 25 rings (SSSR count). The number of aromatic nitrogens is 1. The molecule has 0 amide bonds. The molecule has 2 aliphatic rings. The smallest absolute Gasteiger partial charge is 0.0714 e. The number of fused-ring (bicyclic) bond motifs is 12. The molecule has 2 aromatic heterocycles. The molecule has 23 aromatic rings. The Hall–Kier alpha value is -16.8. The zero-order chi connectivity index (χ0) is 87.2. The number of hydrogen-bond acceptors (Lipinski definition) is 3. The molecule has 618 valence electrons. The molecule has 4 heteroatoms. The molecule has 3 nitrogen and oxygen atoms in total. The van der Waals surface area contributed by atoms with Gasteiger partial charge in [-0.15, -0.1) is 11.3 Å². The summed E-state index contributed by atoms with van der Waals surface area (Å²) in [5.74, 6) is 0. The normalized spacial score (nSPS) is 12.7. The highest BCUT2D eigenvalue weighted by molar-refractivity contribution is 7.26. The van der Waals surface area contributed by atoms with E-state index in [0.717, 1.165) is 112 Å². The SMILES string of the molecule is c1ccc(-c2ccccc2-c2ccccc2-c2ccccc2N(c2ccc3c(c2)C(c2ccccc2)(c2ccccc2)c2ccccc2-3)c2ccc3sc4c(-c5ccc(-c6ccccc6)c(-c6ccccc6-c6ccccc6N(c6ccc7c(c6)C(c6ccccc6)(c6ccccc6)c6ccccc6-7)c6cccc7c6c6ccccc6n7-c6ccccc6)c5)cccc4c3c2)cc1. The van der Waals surface area contributed by atoms with Crippen LogP contribution in [0.5, 0.6) is 0 Å². The monoisotopic (exact) mass is 1700 g/mol. The molecular weight excluding hydrogens is 1610 g/mol. The van der Waals surface area contributed by atoms with E-state index in [9.17, 15) is 0 Å². The van der Waals surface area contributed by atoms with Gasteiger partial charge < -0.3 is 14.4 Å². The highest BCUT2D eigenvalue weighted by Crippen LogP contribution is 2.62. The highest BCUT2D eigenvalue weighted by Gasteiger charge is 2.48. The first kappa shape index (κ1) is 77.6. The maximum Gasteiger partial charge on any atom is 0.0714 e. The van der Waals surface area contributed by atoms with Crippen LogP contribution in [-0.4, -0.2) is 4.57 Å². The van der Waals surface area contributed by atoms with Gasteiger partial charge >= 0.3 is 0 Å². The summed E-state index contributed by atoms with van der Waals surface area (Å²) >= 11 is 1.88. The van der Waals surface area contributed by atoms with Gasteiger partial charge in [0, 0.05) is 64.8 Å². The molecular formula is C128H85N3S. The van der Waals surface area contributed by atoms with E-state index >= 15 is 0 Å². The number of nitrogens with zero attached hydrogens (tertiary/aromatic N) is 3. The summed E-state index contributed by atoms with van der Waals surface area (Å²) in [5.41, 5.74) is 39.3. The Balaban J connectivity index is 0.676. The Kier molecular flexibility index (Phi) is 18.9. The van der Waals surface area contributed by atoms with E-state index in [2.05, 4.69) is 530 Å². The predicted molar refractivity (Wildman–Crippen MR) is 556 cm³/mol. The lowest BCUT2D eigenvalue weighted by atomic mass is 9.67. The third kappa shape index (κ3) is 12.4. The van der Waals surface area contributed by atoms with Gasteiger partial charge in [-0.2, -0.15) is 0 Å². The highest BCUT2D eigenvalue weighted by atomic mass is 32.1. The molecule has 0 atom stereocenters. The molecule has 0 saturated heterocycles. The van der Waals surface area contributed by atoms with Gasteiger partial charge in [0.1, 0.15) is 0 Å². The van der Waals surface area contributed by atoms with Crippen LogP contribution < -0.4 is 9.80 Å². The van der Waals surface area contributed by atoms with Crippen molar-refractivity contribution in [1.82, 2.24) is 4.57 Å². The second-order valence-electron chi connectivity index (χ2n) is 34.7. The van der Waals surface area contributed by atoms with E-state index < -0.39 is 10.8 Å². The summed E-state index contributed by atoms with van der Waals surface area (Å²) in [6.45, 7) is 0. The van der Waals surface area contributed by atoms with Crippen molar-refractivity contribution in [2.45, 2.75) is 10.8 Å². The summed E-state index contributed by atoms with van der Waals surface area (Å²) < 4.78 is 4.88. The van der Waals surface area contributed by atoms with Gasteiger partial charge in [-0.25, -0.2) is 0 Å². The minimum absolute atomic E-state index is 0.637. The minimum Gasteiger partial charge on any atom is -0.310 e. The number of benzene rings is 21. The summed E-state index contributed by atoms with van der Waals surface area (Å²) in [6.07, 6.45) is 0. The maximum atomic E-state index is 2.58. The van der Waals surface area contributed by atoms with E-state index in [4.69, 9.17) is 0 Å². The summed E-state index contributed by atoms with van der Waals surface area (Å²) in [5, 5.41) is 4.72. The summed E-state index contributed by atoms with van der Waals surface area (Å²) in [4.78, 5) is 5.13.